The maximum Gasteiger partial charge on any atom is 0.0110 e. The lowest BCUT2D eigenvalue weighted by atomic mass is 9.93. The molecule has 1 fully saturated rings. The summed E-state index contributed by atoms with van der Waals surface area (Å²) in [5, 5.41) is 3.68. The topological polar surface area (TPSA) is 15.3 Å². The van der Waals surface area contributed by atoms with Gasteiger partial charge in [-0.25, -0.2) is 0 Å². The van der Waals surface area contributed by atoms with E-state index >= 15 is 0 Å². The molecule has 0 spiro atoms. The molecule has 2 nitrogen and oxygen atoms in total. The fraction of sp³-hybridized carbons (Fsp3) is 1.00. The second-order valence-corrected chi connectivity index (χ2v) is 6.37. The van der Waals surface area contributed by atoms with Gasteiger partial charge in [0.1, 0.15) is 0 Å². The molecular formula is C16H34N2. The van der Waals surface area contributed by atoms with Crippen molar-refractivity contribution in [3.63, 3.8) is 0 Å². The summed E-state index contributed by atoms with van der Waals surface area (Å²) in [5.74, 6) is 0.928. The SMILES string of the molecule is CCCCCC(C)NCCN1CCC(C)CC1C. The molecule has 0 amide bonds. The summed E-state index contributed by atoms with van der Waals surface area (Å²) in [7, 11) is 0. The van der Waals surface area contributed by atoms with E-state index in [0.717, 1.165) is 18.5 Å². The molecule has 3 unspecified atom stereocenters. The molecular weight excluding hydrogens is 220 g/mol. The molecule has 108 valence electrons. The van der Waals surface area contributed by atoms with E-state index in [2.05, 4.69) is 37.9 Å². The third-order valence-electron chi connectivity index (χ3n) is 4.41. The highest BCUT2D eigenvalue weighted by atomic mass is 15.2. The van der Waals surface area contributed by atoms with E-state index in [1.54, 1.807) is 0 Å². The first-order valence-electron chi connectivity index (χ1n) is 8.11. The number of hydrogen-bond donors (Lipinski definition) is 1. The largest absolute Gasteiger partial charge is 0.313 e. The maximum atomic E-state index is 3.68. The zero-order valence-electron chi connectivity index (χ0n) is 13.0. The number of rotatable bonds is 8. The molecule has 3 atom stereocenters. The van der Waals surface area contributed by atoms with Gasteiger partial charge in [-0.2, -0.15) is 0 Å². The average Bonchev–Trinajstić information content (AvgIpc) is 2.32. The summed E-state index contributed by atoms with van der Waals surface area (Å²) in [6.45, 7) is 13.1. The van der Waals surface area contributed by atoms with E-state index in [0.29, 0.717) is 6.04 Å². The third kappa shape index (κ3) is 6.19. The molecule has 1 heterocycles. The van der Waals surface area contributed by atoms with Crippen LogP contribution in [0.4, 0.5) is 0 Å². The normalized spacial score (nSPS) is 27.3. The molecule has 1 saturated heterocycles. The Morgan fingerprint density at radius 1 is 1.28 bits per heavy atom. The second kappa shape index (κ2) is 8.92. The molecule has 0 aromatic heterocycles. The van der Waals surface area contributed by atoms with Crippen LogP contribution in [-0.4, -0.2) is 36.6 Å². The number of nitrogens with one attached hydrogen (secondary N) is 1. The quantitative estimate of drug-likeness (QED) is 0.665. The van der Waals surface area contributed by atoms with Crippen molar-refractivity contribution >= 4 is 0 Å². The Labute approximate surface area is 115 Å². The zero-order valence-corrected chi connectivity index (χ0v) is 13.0. The summed E-state index contributed by atoms with van der Waals surface area (Å²) >= 11 is 0. The van der Waals surface area contributed by atoms with Crippen molar-refractivity contribution in [1.29, 1.82) is 0 Å². The lowest BCUT2D eigenvalue weighted by Crippen LogP contribution is -2.44. The van der Waals surface area contributed by atoms with Crippen LogP contribution >= 0.6 is 0 Å². The lowest BCUT2D eigenvalue weighted by Gasteiger charge is -2.36. The van der Waals surface area contributed by atoms with Crippen LogP contribution in [0.2, 0.25) is 0 Å². The average molecular weight is 254 g/mol. The monoisotopic (exact) mass is 254 g/mol. The highest BCUT2D eigenvalue weighted by molar-refractivity contribution is 4.77. The van der Waals surface area contributed by atoms with E-state index in [1.807, 2.05) is 0 Å². The lowest BCUT2D eigenvalue weighted by molar-refractivity contribution is 0.129. The van der Waals surface area contributed by atoms with Gasteiger partial charge >= 0.3 is 0 Å². The Morgan fingerprint density at radius 3 is 2.72 bits per heavy atom. The molecule has 18 heavy (non-hydrogen) atoms. The highest BCUT2D eigenvalue weighted by Crippen LogP contribution is 2.21. The molecule has 0 saturated carbocycles. The second-order valence-electron chi connectivity index (χ2n) is 6.37. The van der Waals surface area contributed by atoms with Crippen molar-refractivity contribution in [2.75, 3.05) is 19.6 Å². The molecule has 0 radical (unpaired) electrons. The minimum Gasteiger partial charge on any atom is -0.313 e. The van der Waals surface area contributed by atoms with Crippen molar-refractivity contribution < 1.29 is 0 Å². The first kappa shape index (κ1) is 16.0. The van der Waals surface area contributed by atoms with E-state index in [-0.39, 0.29) is 0 Å². The molecule has 1 rings (SSSR count). The van der Waals surface area contributed by atoms with Crippen molar-refractivity contribution in [2.24, 2.45) is 5.92 Å². The molecule has 0 bridgehead atoms. The van der Waals surface area contributed by atoms with Gasteiger partial charge in [-0.3, -0.25) is 4.90 Å². The predicted molar refractivity (Wildman–Crippen MR) is 81.0 cm³/mol. The van der Waals surface area contributed by atoms with Crippen molar-refractivity contribution in [2.45, 2.75) is 78.3 Å². The molecule has 1 aliphatic heterocycles. The van der Waals surface area contributed by atoms with Crippen LogP contribution in [0.5, 0.6) is 0 Å². The smallest absolute Gasteiger partial charge is 0.0110 e. The van der Waals surface area contributed by atoms with E-state index in [1.165, 1.54) is 51.6 Å². The summed E-state index contributed by atoms with van der Waals surface area (Å²) in [6.07, 6.45) is 8.19. The fourth-order valence-corrected chi connectivity index (χ4v) is 3.05. The number of likely N-dealkylation sites (tertiary alicyclic amines) is 1. The van der Waals surface area contributed by atoms with Crippen LogP contribution in [-0.2, 0) is 0 Å². The van der Waals surface area contributed by atoms with Gasteiger partial charge in [-0.15, -0.1) is 0 Å². The van der Waals surface area contributed by atoms with Crippen molar-refractivity contribution in [1.82, 2.24) is 10.2 Å². The Morgan fingerprint density at radius 2 is 2.06 bits per heavy atom. The van der Waals surface area contributed by atoms with E-state index < -0.39 is 0 Å². The van der Waals surface area contributed by atoms with E-state index in [9.17, 15) is 0 Å². The number of nitrogens with zero attached hydrogens (tertiary/aromatic N) is 1. The van der Waals surface area contributed by atoms with Gasteiger partial charge in [-0.1, -0.05) is 33.1 Å². The van der Waals surface area contributed by atoms with Crippen LogP contribution < -0.4 is 5.32 Å². The van der Waals surface area contributed by atoms with Gasteiger partial charge in [0, 0.05) is 25.2 Å². The van der Waals surface area contributed by atoms with Crippen LogP contribution in [0.15, 0.2) is 0 Å². The van der Waals surface area contributed by atoms with E-state index in [4.69, 9.17) is 0 Å². The number of hydrogen-bond acceptors (Lipinski definition) is 2. The fourth-order valence-electron chi connectivity index (χ4n) is 3.05. The Kier molecular flexibility index (Phi) is 7.92. The molecule has 2 heteroatoms. The first-order chi connectivity index (χ1) is 8.63. The van der Waals surface area contributed by atoms with Gasteiger partial charge in [-0.05, 0) is 45.6 Å². The standard InChI is InChI=1S/C16H34N2/c1-5-6-7-8-15(3)17-10-12-18-11-9-14(2)13-16(18)4/h14-17H,5-13H2,1-4H3. The maximum absolute atomic E-state index is 3.68. The summed E-state index contributed by atoms with van der Waals surface area (Å²) < 4.78 is 0. The summed E-state index contributed by atoms with van der Waals surface area (Å²) in [6, 6.07) is 1.47. The van der Waals surface area contributed by atoms with Gasteiger partial charge in [0.15, 0.2) is 0 Å². The molecule has 0 aromatic carbocycles. The van der Waals surface area contributed by atoms with Gasteiger partial charge in [0.25, 0.3) is 0 Å². The minimum absolute atomic E-state index is 0.690. The van der Waals surface area contributed by atoms with Crippen LogP contribution in [0, 0.1) is 5.92 Å². The molecule has 0 aliphatic carbocycles. The molecule has 0 aromatic rings. The number of unbranched alkanes of at least 4 members (excludes halogenated alkanes) is 2. The molecule has 1 N–H and O–H groups in total. The minimum atomic E-state index is 0.690. The first-order valence-corrected chi connectivity index (χ1v) is 8.11. The third-order valence-corrected chi connectivity index (χ3v) is 4.41. The van der Waals surface area contributed by atoms with Crippen LogP contribution in [0.25, 0.3) is 0 Å². The Bertz CT molecular complexity index is 205. The molecule has 1 aliphatic rings. The summed E-state index contributed by atoms with van der Waals surface area (Å²) in [4.78, 5) is 2.66. The Balaban J connectivity index is 2.06. The summed E-state index contributed by atoms with van der Waals surface area (Å²) in [5.41, 5.74) is 0. The van der Waals surface area contributed by atoms with Crippen molar-refractivity contribution in [3.05, 3.63) is 0 Å². The van der Waals surface area contributed by atoms with Gasteiger partial charge in [0.2, 0.25) is 0 Å². The predicted octanol–water partition coefficient (Wildman–Crippen LogP) is 3.67. The number of piperidine rings is 1. The highest BCUT2D eigenvalue weighted by Gasteiger charge is 2.22. The Hall–Kier alpha value is -0.0800. The van der Waals surface area contributed by atoms with Gasteiger partial charge in [0.05, 0.1) is 0 Å². The van der Waals surface area contributed by atoms with Crippen LogP contribution in [0.1, 0.15) is 66.2 Å². The van der Waals surface area contributed by atoms with Gasteiger partial charge < -0.3 is 5.32 Å². The van der Waals surface area contributed by atoms with Crippen molar-refractivity contribution in [3.8, 4) is 0 Å². The van der Waals surface area contributed by atoms with Crippen LogP contribution in [0.3, 0.4) is 0 Å². The zero-order chi connectivity index (χ0) is 13.4.